The Bertz CT molecular complexity index is 1690. The average molecular weight is 668 g/mol. The summed E-state index contributed by atoms with van der Waals surface area (Å²) in [4.78, 5) is 24.9. The number of anilines is 3. The van der Waals surface area contributed by atoms with Gasteiger partial charge in [-0.15, -0.1) is 0 Å². The molecule has 0 radical (unpaired) electrons. The molecular weight excluding hydrogens is 631 g/mol. The number of fused-ring (bicyclic) bond motifs is 1. The zero-order valence-corrected chi connectivity index (χ0v) is 26.8. The molecule has 0 spiro atoms. The first-order chi connectivity index (χ1) is 21.2. The summed E-state index contributed by atoms with van der Waals surface area (Å²) in [6, 6.07) is 7.93. The van der Waals surface area contributed by atoms with Crippen molar-refractivity contribution in [2.24, 2.45) is 11.8 Å². The number of carbonyl (C=O) groups is 1. The summed E-state index contributed by atoms with van der Waals surface area (Å²) in [7, 11) is -3.65. The van der Waals surface area contributed by atoms with Crippen LogP contribution in [0.3, 0.4) is 0 Å². The van der Waals surface area contributed by atoms with E-state index in [1.54, 1.807) is 9.42 Å². The lowest BCUT2D eigenvalue weighted by molar-refractivity contribution is -0.145. The number of sulfonamides is 1. The summed E-state index contributed by atoms with van der Waals surface area (Å²) in [6.07, 6.45) is -0.757. The number of amides is 1. The van der Waals surface area contributed by atoms with Gasteiger partial charge in [0, 0.05) is 56.3 Å². The van der Waals surface area contributed by atoms with Crippen molar-refractivity contribution in [2.75, 3.05) is 53.5 Å². The molecule has 0 unspecified atom stereocenters. The van der Waals surface area contributed by atoms with E-state index in [0.29, 0.717) is 61.2 Å². The van der Waals surface area contributed by atoms with Gasteiger partial charge >= 0.3 is 6.18 Å². The Morgan fingerprint density at radius 3 is 2.44 bits per heavy atom. The van der Waals surface area contributed by atoms with Gasteiger partial charge in [-0.3, -0.25) is 9.52 Å². The van der Waals surface area contributed by atoms with Gasteiger partial charge in [0.1, 0.15) is 11.6 Å². The van der Waals surface area contributed by atoms with E-state index in [4.69, 9.17) is 21.7 Å². The van der Waals surface area contributed by atoms with Crippen molar-refractivity contribution in [1.29, 1.82) is 0 Å². The number of hydrogen-bond donors (Lipinski definition) is 1. The second-order valence-electron chi connectivity index (χ2n) is 12.6. The monoisotopic (exact) mass is 667 g/mol. The molecule has 10 nitrogen and oxygen atoms in total. The summed E-state index contributed by atoms with van der Waals surface area (Å²) in [6.45, 7) is 5.31. The Balaban J connectivity index is 1.34. The molecule has 3 fully saturated rings. The number of alkyl halides is 3. The van der Waals surface area contributed by atoms with Crippen LogP contribution >= 0.6 is 11.6 Å². The molecule has 1 atom stereocenters. The van der Waals surface area contributed by atoms with Gasteiger partial charge in [-0.25, -0.2) is 13.4 Å². The molecule has 0 saturated carbocycles. The van der Waals surface area contributed by atoms with Crippen LogP contribution in [0.1, 0.15) is 67.5 Å². The Labute approximate surface area is 265 Å². The number of nitrogens with one attached hydrogen (secondary N) is 1. The highest BCUT2D eigenvalue weighted by atomic mass is 35.5. The second kappa shape index (κ2) is 12.2. The molecule has 1 aromatic carbocycles. The third kappa shape index (κ3) is 7.11. The third-order valence-corrected chi connectivity index (χ3v) is 9.70. The molecule has 1 N–H and O–H groups in total. The van der Waals surface area contributed by atoms with Gasteiger partial charge in [-0.05, 0) is 62.1 Å². The molecule has 0 bridgehead atoms. The fourth-order valence-corrected chi connectivity index (χ4v) is 7.46. The van der Waals surface area contributed by atoms with E-state index >= 15 is 0 Å². The van der Waals surface area contributed by atoms with Gasteiger partial charge in [0.05, 0.1) is 29.2 Å². The lowest BCUT2D eigenvalue weighted by Crippen LogP contribution is -2.46. The molecule has 3 saturated heterocycles. The van der Waals surface area contributed by atoms with Crippen LogP contribution in [0.15, 0.2) is 30.3 Å². The minimum atomic E-state index is -4.18. The Morgan fingerprint density at radius 1 is 1.04 bits per heavy atom. The molecule has 15 heteroatoms. The van der Waals surface area contributed by atoms with E-state index in [2.05, 4.69) is 21.4 Å². The van der Waals surface area contributed by atoms with Crippen LogP contribution in [0.25, 0.3) is 5.65 Å². The summed E-state index contributed by atoms with van der Waals surface area (Å²) < 4.78 is 67.5. The molecule has 6 rings (SSSR count). The lowest BCUT2D eigenvalue weighted by Gasteiger charge is -2.39. The van der Waals surface area contributed by atoms with Crippen molar-refractivity contribution < 1.29 is 26.4 Å². The van der Waals surface area contributed by atoms with E-state index in [0.717, 1.165) is 43.8 Å². The summed E-state index contributed by atoms with van der Waals surface area (Å²) in [5.74, 6) is 1.35. The molecule has 0 aliphatic carbocycles. The highest BCUT2D eigenvalue weighted by Crippen LogP contribution is 2.37. The standard InChI is InChI=1S/C30H37ClF3N7O3S/c1-19-17-39(18-19)26-15-28(38-11-8-20(9-12-38)16-30(32,33)34)41-27(35-26)14-24(36-41)25-5-3-4-10-40(25)29(42)22-13-21(31)6-7-23(22)37-45(2,43)44/h6-7,13-15,19-20,25,37H,3-5,8-12,16-18H2,1-2H3/t25-/m0/s1. The number of likely N-dealkylation sites (tertiary alicyclic amines) is 1. The Hall–Kier alpha value is -3.26. The zero-order valence-electron chi connectivity index (χ0n) is 25.2. The van der Waals surface area contributed by atoms with Crippen molar-refractivity contribution >= 4 is 50.5 Å². The van der Waals surface area contributed by atoms with Crippen LogP contribution in [0, 0.1) is 11.8 Å². The normalized spacial score (nSPS) is 20.5. The van der Waals surface area contributed by atoms with Crippen molar-refractivity contribution in [2.45, 2.75) is 57.7 Å². The maximum absolute atomic E-state index is 14.0. The molecule has 45 heavy (non-hydrogen) atoms. The highest BCUT2D eigenvalue weighted by molar-refractivity contribution is 7.92. The third-order valence-electron chi connectivity index (χ3n) is 8.87. The number of aromatic nitrogens is 3. The summed E-state index contributed by atoms with van der Waals surface area (Å²) in [5, 5.41) is 5.26. The number of carbonyl (C=O) groups excluding carboxylic acids is 1. The number of halogens is 4. The predicted molar refractivity (Wildman–Crippen MR) is 168 cm³/mol. The first-order valence-electron chi connectivity index (χ1n) is 15.3. The molecule has 2 aromatic heterocycles. The van der Waals surface area contributed by atoms with E-state index < -0.39 is 34.6 Å². The minimum Gasteiger partial charge on any atom is -0.356 e. The maximum Gasteiger partial charge on any atom is 0.389 e. The maximum atomic E-state index is 14.0. The van der Waals surface area contributed by atoms with Crippen LogP contribution in [0.2, 0.25) is 5.02 Å². The first kappa shape index (κ1) is 31.7. The van der Waals surface area contributed by atoms with Crippen LogP contribution in [-0.4, -0.2) is 79.0 Å². The quantitative estimate of drug-likeness (QED) is 0.343. The highest BCUT2D eigenvalue weighted by Gasteiger charge is 2.36. The van der Waals surface area contributed by atoms with E-state index in [-0.39, 0.29) is 17.2 Å². The smallest absolute Gasteiger partial charge is 0.356 e. The molecule has 1 amide bonds. The number of piperidine rings is 2. The van der Waals surface area contributed by atoms with E-state index in [1.165, 1.54) is 18.2 Å². The zero-order chi connectivity index (χ0) is 32.1. The summed E-state index contributed by atoms with van der Waals surface area (Å²) >= 11 is 6.24. The van der Waals surface area contributed by atoms with E-state index in [1.807, 2.05) is 12.1 Å². The van der Waals surface area contributed by atoms with Crippen molar-refractivity contribution in [1.82, 2.24) is 19.5 Å². The first-order valence-corrected chi connectivity index (χ1v) is 17.6. The largest absolute Gasteiger partial charge is 0.389 e. The molecule has 3 aliphatic rings. The minimum absolute atomic E-state index is 0.150. The molecule has 5 heterocycles. The van der Waals surface area contributed by atoms with Gasteiger partial charge in [0.25, 0.3) is 5.91 Å². The van der Waals surface area contributed by atoms with Crippen molar-refractivity contribution in [3.8, 4) is 0 Å². The topological polar surface area (TPSA) is 103 Å². The van der Waals surface area contributed by atoms with Crippen LogP contribution in [0.5, 0.6) is 0 Å². The van der Waals surface area contributed by atoms with Crippen molar-refractivity contribution in [3.05, 3.63) is 46.6 Å². The SMILES string of the molecule is CC1CN(c2cc(N3CCC(CC(F)(F)F)CC3)n3nc([C@@H]4CCCCN4C(=O)c4cc(Cl)ccc4NS(C)(=O)=O)cc3n2)C1. The Kier molecular flexibility index (Phi) is 8.57. The van der Waals surface area contributed by atoms with Crippen molar-refractivity contribution in [3.63, 3.8) is 0 Å². The summed E-state index contributed by atoms with van der Waals surface area (Å²) in [5.41, 5.74) is 1.56. The van der Waals surface area contributed by atoms with Gasteiger partial charge in [-0.2, -0.15) is 22.8 Å². The van der Waals surface area contributed by atoms with E-state index in [9.17, 15) is 26.4 Å². The predicted octanol–water partition coefficient (Wildman–Crippen LogP) is 5.75. The average Bonchev–Trinajstić information content (AvgIpc) is 3.39. The second-order valence-corrected chi connectivity index (χ2v) is 14.8. The molecular formula is C30H37ClF3N7O3S. The Morgan fingerprint density at radius 2 is 1.78 bits per heavy atom. The number of benzene rings is 1. The molecule has 3 aromatic rings. The number of hydrogen-bond acceptors (Lipinski definition) is 7. The fourth-order valence-electron chi connectivity index (χ4n) is 6.71. The fraction of sp³-hybridized carbons (Fsp3) is 0.567. The van der Waals surface area contributed by atoms with Crippen LogP contribution in [-0.2, 0) is 10.0 Å². The van der Waals surface area contributed by atoms with Crippen LogP contribution in [0.4, 0.5) is 30.5 Å². The van der Waals surface area contributed by atoms with Gasteiger partial charge in [-0.1, -0.05) is 18.5 Å². The lowest BCUT2D eigenvalue weighted by atomic mass is 9.93. The molecule has 3 aliphatic heterocycles. The van der Waals surface area contributed by atoms with Gasteiger partial charge < -0.3 is 14.7 Å². The number of rotatable bonds is 7. The molecule has 244 valence electrons. The van der Waals surface area contributed by atoms with Crippen LogP contribution < -0.4 is 14.5 Å². The van der Waals surface area contributed by atoms with Gasteiger partial charge in [0.2, 0.25) is 10.0 Å². The number of nitrogens with zero attached hydrogens (tertiary/aromatic N) is 6. The van der Waals surface area contributed by atoms with Gasteiger partial charge in [0.15, 0.2) is 5.65 Å².